The summed E-state index contributed by atoms with van der Waals surface area (Å²) < 4.78 is 0. The van der Waals surface area contributed by atoms with E-state index in [9.17, 15) is 9.90 Å². The second-order valence-electron chi connectivity index (χ2n) is 9.13. The second kappa shape index (κ2) is 8.76. The van der Waals surface area contributed by atoms with Crippen LogP contribution in [0.25, 0.3) is 0 Å². The summed E-state index contributed by atoms with van der Waals surface area (Å²) in [4.78, 5) is 21.1. The predicted octanol–water partition coefficient (Wildman–Crippen LogP) is 4.30. The van der Waals surface area contributed by atoms with Crippen LogP contribution in [0.5, 0.6) is 0 Å². The molecule has 162 valence electrons. The van der Waals surface area contributed by atoms with E-state index in [1.54, 1.807) is 11.3 Å². The monoisotopic (exact) mass is 419 g/mol. The highest BCUT2D eigenvalue weighted by molar-refractivity contribution is 7.15. The van der Waals surface area contributed by atoms with E-state index in [0.717, 1.165) is 43.2 Å². The van der Waals surface area contributed by atoms with Crippen molar-refractivity contribution in [3.8, 4) is 0 Å². The summed E-state index contributed by atoms with van der Waals surface area (Å²) in [6.07, 6.45) is 4.29. The van der Waals surface area contributed by atoms with Crippen LogP contribution in [0.3, 0.4) is 0 Å². The summed E-state index contributed by atoms with van der Waals surface area (Å²) in [5, 5.41) is 15.8. The van der Waals surface area contributed by atoms with Crippen LogP contribution in [0, 0.1) is 23.2 Å². The number of carbonyl (C=O) groups excluding carboxylic acids is 1. The van der Waals surface area contributed by atoms with Crippen molar-refractivity contribution in [2.24, 2.45) is 23.2 Å². The molecule has 1 heterocycles. The molecule has 1 aromatic heterocycles. The molecule has 0 radical (unpaired) electrons. The minimum atomic E-state index is -0.474. The summed E-state index contributed by atoms with van der Waals surface area (Å²) in [6, 6.07) is 0. The van der Waals surface area contributed by atoms with Gasteiger partial charge in [-0.25, -0.2) is 4.98 Å². The van der Waals surface area contributed by atoms with Gasteiger partial charge in [0.2, 0.25) is 5.91 Å². The van der Waals surface area contributed by atoms with Crippen LogP contribution < -0.4 is 5.32 Å². The number of aliphatic hydroxyl groups excluding tert-OH is 1. The number of fused-ring (bicyclic) bond motifs is 2. The number of rotatable bonds is 7. The molecule has 0 spiro atoms. The van der Waals surface area contributed by atoms with Gasteiger partial charge in [0.25, 0.3) is 0 Å². The maximum atomic E-state index is 13.0. The Kier molecular flexibility index (Phi) is 6.74. The lowest BCUT2D eigenvalue weighted by Crippen LogP contribution is -2.53. The fourth-order valence-electron chi connectivity index (χ4n) is 5.79. The van der Waals surface area contributed by atoms with Crippen molar-refractivity contribution in [2.45, 2.75) is 65.9 Å². The Labute approximate surface area is 179 Å². The van der Waals surface area contributed by atoms with Crippen LogP contribution in [0.4, 0.5) is 5.13 Å². The van der Waals surface area contributed by atoms with Gasteiger partial charge in [-0.2, -0.15) is 0 Å². The highest BCUT2D eigenvalue weighted by Crippen LogP contribution is 2.57. The number of hydrogen-bond acceptors (Lipinski definition) is 5. The van der Waals surface area contributed by atoms with Crippen molar-refractivity contribution in [1.29, 1.82) is 0 Å². The molecule has 2 N–H and O–H groups in total. The van der Waals surface area contributed by atoms with E-state index in [1.165, 1.54) is 4.88 Å². The standard InChI is InChI=1S/C23H37N3O2S/c1-7-12-24-22-25-19-15(5)18-20(27)16(14(4)21(28)26(8-2)9-3)10-11-23(18,6)13-17(19)29-22/h7,14-16,18,20,27H,1,8-13H2,2-6H3,(H,24,25)/t14-,15-,16-,18+,20-,23+/m0/s1. The van der Waals surface area contributed by atoms with Gasteiger partial charge in [-0.1, -0.05) is 26.8 Å². The first kappa shape index (κ1) is 22.3. The molecule has 0 aromatic carbocycles. The summed E-state index contributed by atoms with van der Waals surface area (Å²) in [5.41, 5.74) is 1.19. The minimum Gasteiger partial charge on any atom is -0.392 e. The van der Waals surface area contributed by atoms with Gasteiger partial charge < -0.3 is 15.3 Å². The molecule has 0 unspecified atom stereocenters. The van der Waals surface area contributed by atoms with Crippen molar-refractivity contribution in [3.63, 3.8) is 0 Å². The minimum absolute atomic E-state index is 0.0159. The first-order valence-electron chi connectivity index (χ1n) is 11.1. The van der Waals surface area contributed by atoms with Crippen molar-refractivity contribution >= 4 is 22.4 Å². The zero-order valence-electron chi connectivity index (χ0n) is 18.6. The molecule has 5 nitrogen and oxygen atoms in total. The molecule has 0 aliphatic heterocycles. The van der Waals surface area contributed by atoms with E-state index < -0.39 is 6.10 Å². The Morgan fingerprint density at radius 1 is 1.48 bits per heavy atom. The van der Waals surface area contributed by atoms with E-state index in [4.69, 9.17) is 4.98 Å². The van der Waals surface area contributed by atoms with Gasteiger partial charge in [-0.05, 0) is 50.4 Å². The quantitative estimate of drug-likeness (QED) is 0.647. The third kappa shape index (κ3) is 3.98. The molecule has 1 amide bonds. The molecule has 1 fully saturated rings. The molecule has 3 rings (SSSR count). The Morgan fingerprint density at radius 2 is 2.17 bits per heavy atom. The fourth-order valence-corrected chi connectivity index (χ4v) is 7.06. The van der Waals surface area contributed by atoms with Crippen LogP contribution in [-0.4, -0.2) is 46.6 Å². The zero-order chi connectivity index (χ0) is 21.3. The number of nitrogens with one attached hydrogen (secondary N) is 1. The highest BCUT2D eigenvalue weighted by atomic mass is 32.1. The molecule has 1 saturated carbocycles. The largest absolute Gasteiger partial charge is 0.392 e. The van der Waals surface area contributed by atoms with Gasteiger partial charge in [-0.3, -0.25) is 4.79 Å². The number of hydrogen-bond donors (Lipinski definition) is 2. The van der Waals surface area contributed by atoms with Crippen molar-refractivity contribution in [3.05, 3.63) is 23.2 Å². The van der Waals surface area contributed by atoms with Gasteiger partial charge in [0, 0.05) is 36.3 Å². The molecule has 6 atom stereocenters. The van der Waals surface area contributed by atoms with Crippen molar-refractivity contribution in [1.82, 2.24) is 9.88 Å². The van der Waals surface area contributed by atoms with Crippen LogP contribution in [0.1, 0.15) is 63.9 Å². The molecule has 1 aromatic rings. The maximum absolute atomic E-state index is 13.0. The van der Waals surface area contributed by atoms with Crippen LogP contribution in [0.15, 0.2) is 12.7 Å². The molecular formula is C23H37N3O2S. The third-order valence-corrected chi connectivity index (χ3v) is 8.46. The summed E-state index contributed by atoms with van der Waals surface area (Å²) in [5.74, 6) is 0.365. The lowest BCUT2D eigenvalue weighted by molar-refractivity contribution is -0.144. The predicted molar refractivity (Wildman–Crippen MR) is 120 cm³/mol. The normalized spacial score (nSPS) is 32.1. The SMILES string of the molecule is C=CCNc1nc2c(s1)C[C@@]1(C)CC[C@@H]([C@H](C)C(=O)N(CC)CC)[C@H](O)[C@H]1[C@@H]2C. The lowest BCUT2D eigenvalue weighted by Gasteiger charge is -2.53. The molecule has 0 saturated heterocycles. The average molecular weight is 420 g/mol. The van der Waals surface area contributed by atoms with Crippen LogP contribution in [-0.2, 0) is 11.2 Å². The Bertz CT molecular complexity index is 744. The van der Waals surface area contributed by atoms with E-state index in [1.807, 2.05) is 31.7 Å². The van der Waals surface area contributed by atoms with Gasteiger partial charge in [0.05, 0.1) is 11.8 Å². The smallest absolute Gasteiger partial charge is 0.225 e. The first-order valence-corrected chi connectivity index (χ1v) is 11.9. The number of nitrogens with zero attached hydrogens (tertiary/aromatic N) is 2. The number of anilines is 1. The Morgan fingerprint density at radius 3 is 2.79 bits per heavy atom. The number of thiazole rings is 1. The second-order valence-corrected chi connectivity index (χ2v) is 10.2. The average Bonchev–Trinajstić information content (AvgIpc) is 3.09. The number of aromatic nitrogens is 1. The highest BCUT2D eigenvalue weighted by Gasteiger charge is 2.54. The zero-order valence-corrected chi connectivity index (χ0v) is 19.4. The molecule has 0 bridgehead atoms. The number of aliphatic hydroxyl groups is 1. The molecule has 29 heavy (non-hydrogen) atoms. The third-order valence-electron chi connectivity index (χ3n) is 7.43. The van der Waals surface area contributed by atoms with Crippen molar-refractivity contribution < 1.29 is 9.90 Å². The molecule has 2 aliphatic carbocycles. The maximum Gasteiger partial charge on any atom is 0.225 e. The van der Waals surface area contributed by atoms with Gasteiger partial charge in [0.1, 0.15) is 0 Å². The van der Waals surface area contributed by atoms with E-state index >= 15 is 0 Å². The number of carbonyl (C=O) groups is 1. The van der Waals surface area contributed by atoms with Crippen molar-refractivity contribution in [2.75, 3.05) is 25.0 Å². The van der Waals surface area contributed by atoms with Gasteiger partial charge in [-0.15, -0.1) is 17.9 Å². The van der Waals surface area contributed by atoms with Crippen LogP contribution >= 0.6 is 11.3 Å². The molecule has 2 aliphatic rings. The Hall–Kier alpha value is -1.40. The topological polar surface area (TPSA) is 65.5 Å². The van der Waals surface area contributed by atoms with E-state index in [-0.39, 0.29) is 35.0 Å². The fraction of sp³-hybridized carbons (Fsp3) is 0.739. The molecule has 6 heteroatoms. The number of amides is 1. The summed E-state index contributed by atoms with van der Waals surface area (Å²) in [7, 11) is 0. The summed E-state index contributed by atoms with van der Waals surface area (Å²) in [6.45, 7) is 16.5. The lowest BCUT2D eigenvalue weighted by atomic mass is 9.53. The van der Waals surface area contributed by atoms with E-state index in [2.05, 4.69) is 25.7 Å². The summed E-state index contributed by atoms with van der Waals surface area (Å²) >= 11 is 1.74. The van der Waals surface area contributed by atoms with E-state index in [0.29, 0.717) is 6.54 Å². The molecular weight excluding hydrogens is 382 g/mol. The van der Waals surface area contributed by atoms with Crippen LogP contribution in [0.2, 0.25) is 0 Å². The Balaban J connectivity index is 1.84. The first-order chi connectivity index (χ1) is 13.8. The van der Waals surface area contributed by atoms with Gasteiger partial charge >= 0.3 is 0 Å². The van der Waals surface area contributed by atoms with Gasteiger partial charge in [0.15, 0.2) is 5.13 Å².